The van der Waals surface area contributed by atoms with Crippen molar-refractivity contribution in [2.45, 2.75) is 11.8 Å². The number of aromatic nitrogens is 1. The van der Waals surface area contributed by atoms with Crippen LogP contribution in [0.15, 0.2) is 74.1 Å². The molecule has 0 aliphatic carbocycles. The van der Waals surface area contributed by atoms with Gasteiger partial charge in [0, 0.05) is 28.1 Å². The smallest absolute Gasteiger partial charge is 0.336 e. The molecule has 0 bridgehead atoms. The normalized spacial score (nSPS) is 11.6. The minimum atomic E-state index is -3.77. The Hall–Kier alpha value is -2.97. The molecule has 136 valence electrons. The van der Waals surface area contributed by atoms with E-state index >= 15 is 0 Å². The highest BCUT2D eigenvalue weighted by molar-refractivity contribution is 7.92. The second-order valence-electron chi connectivity index (χ2n) is 5.89. The number of thiazole rings is 1. The molecule has 0 amide bonds. The molecule has 8 heteroatoms. The average molecular weight is 398 g/mol. The number of benzene rings is 2. The van der Waals surface area contributed by atoms with E-state index in [9.17, 15) is 13.2 Å². The van der Waals surface area contributed by atoms with Crippen LogP contribution in [0.3, 0.4) is 0 Å². The van der Waals surface area contributed by atoms with Crippen LogP contribution in [0.5, 0.6) is 0 Å². The van der Waals surface area contributed by atoms with Gasteiger partial charge in [-0.3, -0.25) is 4.72 Å². The van der Waals surface area contributed by atoms with Crippen molar-refractivity contribution >= 4 is 38.0 Å². The van der Waals surface area contributed by atoms with Crippen molar-refractivity contribution in [3.05, 3.63) is 75.4 Å². The number of rotatable bonds is 4. The van der Waals surface area contributed by atoms with Crippen LogP contribution >= 0.6 is 11.3 Å². The summed E-state index contributed by atoms with van der Waals surface area (Å²) >= 11 is 1.56. The fourth-order valence-corrected chi connectivity index (χ4v) is 4.35. The zero-order valence-electron chi connectivity index (χ0n) is 14.2. The molecular formula is C19H14N2O4S2. The quantitative estimate of drug-likeness (QED) is 0.524. The van der Waals surface area contributed by atoms with E-state index in [1.54, 1.807) is 23.5 Å². The first-order valence-corrected chi connectivity index (χ1v) is 10.4. The highest BCUT2D eigenvalue weighted by atomic mass is 32.2. The van der Waals surface area contributed by atoms with E-state index in [-0.39, 0.29) is 4.90 Å². The van der Waals surface area contributed by atoms with Gasteiger partial charge in [0.1, 0.15) is 5.58 Å². The Morgan fingerprint density at radius 1 is 1.04 bits per heavy atom. The summed E-state index contributed by atoms with van der Waals surface area (Å²) in [6.07, 6.45) is 0. The molecular weight excluding hydrogens is 384 g/mol. The van der Waals surface area contributed by atoms with E-state index in [4.69, 9.17) is 4.42 Å². The van der Waals surface area contributed by atoms with Crippen LogP contribution in [0.1, 0.15) is 5.01 Å². The molecule has 0 aliphatic heterocycles. The first kappa shape index (κ1) is 17.4. The monoisotopic (exact) mass is 398 g/mol. The Morgan fingerprint density at radius 2 is 1.81 bits per heavy atom. The van der Waals surface area contributed by atoms with Gasteiger partial charge in [-0.25, -0.2) is 18.2 Å². The van der Waals surface area contributed by atoms with Gasteiger partial charge in [0.2, 0.25) is 0 Å². The minimum absolute atomic E-state index is 0.0862. The number of anilines is 1. The van der Waals surface area contributed by atoms with Crippen LogP contribution in [-0.4, -0.2) is 13.4 Å². The minimum Gasteiger partial charge on any atom is -0.423 e. The SMILES string of the molecule is Cc1nc(-c2ccc(NS(=O)(=O)c3ccc4oc(=O)ccc4c3)cc2)cs1. The van der Waals surface area contributed by atoms with Crippen molar-refractivity contribution in [1.82, 2.24) is 4.98 Å². The third kappa shape index (κ3) is 3.62. The highest BCUT2D eigenvalue weighted by Crippen LogP contribution is 2.25. The maximum Gasteiger partial charge on any atom is 0.336 e. The molecule has 6 nitrogen and oxygen atoms in total. The number of nitrogens with zero attached hydrogens (tertiary/aromatic N) is 1. The maximum absolute atomic E-state index is 12.7. The molecule has 0 spiro atoms. The lowest BCUT2D eigenvalue weighted by Crippen LogP contribution is -2.12. The van der Waals surface area contributed by atoms with Crippen molar-refractivity contribution in [3.8, 4) is 11.3 Å². The second-order valence-corrected chi connectivity index (χ2v) is 8.63. The number of aryl methyl sites for hydroxylation is 1. The second kappa shape index (κ2) is 6.64. The van der Waals surface area contributed by atoms with Gasteiger partial charge >= 0.3 is 5.63 Å². The van der Waals surface area contributed by atoms with E-state index in [0.29, 0.717) is 16.7 Å². The first-order valence-electron chi connectivity index (χ1n) is 8.00. The predicted molar refractivity (Wildman–Crippen MR) is 106 cm³/mol. The number of nitrogens with one attached hydrogen (secondary N) is 1. The van der Waals surface area contributed by atoms with E-state index < -0.39 is 15.6 Å². The molecule has 2 aromatic carbocycles. The lowest BCUT2D eigenvalue weighted by molar-refractivity contribution is 0.560. The number of hydrogen-bond acceptors (Lipinski definition) is 6. The van der Waals surface area contributed by atoms with Crippen molar-refractivity contribution in [2.75, 3.05) is 4.72 Å². The van der Waals surface area contributed by atoms with Crippen molar-refractivity contribution < 1.29 is 12.8 Å². The van der Waals surface area contributed by atoms with Crippen LogP contribution in [0.2, 0.25) is 0 Å². The van der Waals surface area contributed by atoms with Crippen LogP contribution in [-0.2, 0) is 10.0 Å². The molecule has 1 N–H and O–H groups in total. The molecule has 4 aromatic rings. The first-order chi connectivity index (χ1) is 12.9. The van der Waals surface area contributed by atoms with E-state index in [1.165, 1.54) is 30.3 Å². The zero-order chi connectivity index (χ0) is 19.0. The fraction of sp³-hybridized carbons (Fsp3) is 0.0526. The van der Waals surface area contributed by atoms with Gasteiger partial charge in [0.05, 0.1) is 15.6 Å². The molecule has 2 aromatic heterocycles. The molecule has 0 fully saturated rings. The summed E-state index contributed by atoms with van der Waals surface area (Å²) in [5.74, 6) is 0. The van der Waals surface area contributed by atoms with Crippen LogP contribution in [0.25, 0.3) is 22.2 Å². The van der Waals surface area contributed by atoms with Gasteiger partial charge in [0.15, 0.2) is 0 Å². The summed E-state index contributed by atoms with van der Waals surface area (Å²) in [6, 6.07) is 14.2. The van der Waals surface area contributed by atoms with E-state index in [0.717, 1.165) is 16.3 Å². The largest absolute Gasteiger partial charge is 0.423 e. The van der Waals surface area contributed by atoms with Gasteiger partial charge in [0.25, 0.3) is 10.0 Å². The summed E-state index contributed by atoms with van der Waals surface area (Å²) in [5.41, 5.74) is 2.09. The van der Waals surface area contributed by atoms with E-state index in [1.807, 2.05) is 24.4 Å². The predicted octanol–water partition coefficient (Wildman–Crippen LogP) is 4.03. The standard InChI is InChI=1S/C19H14N2O4S2/c1-12-20-17(11-26-12)13-2-5-15(6-3-13)21-27(23,24)16-7-8-18-14(10-16)4-9-19(22)25-18/h2-11,21H,1H3. The summed E-state index contributed by atoms with van der Waals surface area (Å²) < 4.78 is 32.9. The lowest BCUT2D eigenvalue weighted by atomic mass is 10.1. The van der Waals surface area contributed by atoms with Crippen molar-refractivity contribution in [3.63, 3.8) is 0 Å². The van der Waals surface area contributed by atoms with Crippen LogP contribution < -0.4 is 10.3 Å². The molecule has 0 radical (unpaired) electrons. The molecule has 0 saturated heterocycles. The van der Waals surface area contributed by atoms with Crippen molar-refractivity contribution in [1.29, 1.82) is 0 Å². The van der Waals surface area contributed by atoms with Gasteiger partial charge in [-0.2, -0.15) is 0 Å². The Kier molecular flexibility index (Phi) is 4.29. The molecule has 27 heavy (non-hydrogen) atoms. The molecule has 0 aliphatic rings. The van der Waals surface area contributed by atoms with Crippen molar-refractivity contribution in [2.24, 2.45) is 0 Å². The number of sulfonamides is 1. The third-order valence-electron chi connectivity index (χ3n) is 3.95. The van der Waals surface area contributed by atoms with Gasteiger partial charge in [-0.05, 0) is 43.3 Å². The fourth-order valence-electron chi connectivity index (χ4n) is 2.64. The van der Waals surface area contributed by atoms with Gasteiger partial charge in [-0.15, -0.1) is 11.3 Å². The third-order valence-corrected chi connectivity index (χ3v) is 6.11. The molecule has 0 atom stereocenters. The topological polar surface area (TPSA) is 89.3 Å². The number of fused-ring (bicyclic) bond motifs is 1. The summed E-state index contributed by atoms with van der Waals surface area (Å²) in [7, 11) is -3.77. The Morgan fingerprint density at radius 3 is 2.52 bits per heavy atom. The Balaban J connectivity index is 1.61. The summed E-state index contributed by atoms with van der Waals surface area (Å²) in [5, 5.41) is 3.47. The van der Waals surface area contributed by atoms with Crippen LogP contribution in [0, 0.1) is 6.92 Å². The average Bonchev–Trinajstić information content (AvgIpc) is 3.08. The van der Waals surface area contributed by atoms with Gasteiger partial charge in [-0.1, -0.05) is 12.1 Å². The zero-order valence-corrected chi connectivity index (χ0v) is 15.8. The number of hydrogen-bond donors (Lipinski definition) is 1. The summed E-state index contributed by atoms with van der Waals surface area (Å²) in [6.45, 7) is 1.94. The maximum atomic E-state index is 12.7. The summed E-state index contributed by atoms with van der Waals surface area (Å²) in [4.78, 5) is 15.7. The Labute approximate surface area is 159 Å². The molecule has 2 heterocycles. The lowest BCUT2D eigenvalue weighted by Gasteiger charge is -2.09. The Bertz CT molecular complexity index is 1290. The molecule has 0 unspecified atom stereocenters. The molecule has 0 saturated carbocycles. The molecule has 4 rings (SSSR count). The van der Waals surface area contributed by atoms with E-state index in [2.05, 4.69) is 9.71 Å². The van der Waals surface area contributed by atoms with Crippen LogP contribution in [0.4, 0.5) is 5.69 Å². The highest BCUT2D eigenvalue weighted by Gasteiger charge is 2.15. The van der Waals surface area contributed by atoms with Gasteiger partial charge < -0.3 is 4.42 Å².